The second-order valence-electron chi connectivity index (χ2n) is 8.16. The molecule has 1 aliphatic heterocycles. The van der Waals surface area contributed by atoms with Crippen LogP contribution in [-0.2, 0) is 9.53 Å². The molecule has 4 heteroatoms. The second-order valence-corrected chi connectivity index (χ2v) is 8.16. The van der Waals surface area contributed by atoms with Crippen molar-refractivity contribution in [2.24, 2.45) is 17.3 Å². The quantitative estimate of drug-likeness (QED) is 0.568. The molecule has 140 valence electrons. The van der Waals surface area contributed by atoms with Crippen LogP contribution in [0.5, 0.6) is 0 Å². The molecular formula is C21H34N2O2. The highest BCUT2D eigenvalue weighted by atomic mass is 16.6. The summed E-state index contributed by atoms with van der Waals surface area (Å²) in [4.78, 5) is 14.9. The summed E-state index contributed by atoms with van der Waals surface area (Å²) < 4.78 is 5.79. The molecule has 0 saturated carbocycles. The van der Waals surface area contributed by atoms with Crippen molar-refractivity contribution in [3.8, 4) is 0 Å². The first-order chi connectivity index (χ1) is 12.0. The molecule has 0 spiro atoms. The van der Waals surface area contributed by atoms with Gasteiger partial charge < -0.3 is 15.0 Å². The van der Waals surface area contributed by atoms with E-state index in [4.69, 9.17) is 4.74 Å². The van der Waals surface area contributed by atoms with Crippen LogP contribution in [0.2, 0.25) is 0 Å². The standard InChI is InChI=1S/C21H34N2O2/c1-5-23(6-2)11-10-22-14-17-16-12-18-15(3)8-7-9-21(18,4)13-19(16)25-20(17)24/h8,12,16-17,19,22H,5-7,9-11,13-14H2,1-4H3. The van der Waals surface area contributed by atoms with Gasteiger partial charge in [0, 0.05) is 25.6 Å². The Morgan fingerprint density at radius 1 is 1.36 bits per heavy atom. The lowest BCUT2D eigenvalue weighted by molar-refractivity contribution is -0.145. The number of esters is 1. The van der Waals surface area contributed by atoms with Crippen LogP contribution in [0.3, 0.4) is 0 Å². The van der Waals surface area contributed by atoms with E-state index in [9.17, 15) is 4.79 Å². The molecule has 3 aliphatic rings. The number of rotatable bonds is 7. The first-order valence-electron chi connectivity index (χ1n) is 10.0. The zero-order valence-electron chi connectivity index (χ0n) is 16.3. The summed E-state index contributed by atoms with van der Waals surface area (Å²) in [6.45, 7) is 13.8. The second kappa shape index (κ2) is 7.63. The molecule has 4 atom stereocenters. The lowest BCUT2D eigenvalue weighted by Crippen LogP contribution is -2.39. The van der Waals surface area contributed by atoms with Gasteiger partial charge in [-0.15, -0.1) is 0 Å². The van der Waals surface area contributed by atoms with Crippen molar-refractivity contribution in [3.63, 3.8) is 0 Å². The molecule has 0 amide bonds. The number of carbonyl (C=O) groups is 1. The summed E-state index contributed by atoms with van der Waals surface area (Å²) in [5.41, 5.74) is 3.05. The maximum atomic E-state index is 12.5. The highest BCUT2D eigenvalue weighted by molar-refractivity contribution is 5.76. The summed E-state index contributed by atoms with van der Waals surface area (Å²) in [6.07, 6.45) is 8.09. The van der Waals surface area contributed by atoms with Crippen molar-refractivity contribution in [1.82, 2.24) is 10.2 Å². The van der Waals surface area contributed by atoms with Crippen LogP contribution in [0.25, 0.3) is 0 Å². The molecule has 0 radical (unpaired) electrons. The number of carbonyl (C=O) groups excluding carboxylic acids is 1. The molecule has 1 saturated heterocycles. The minimum absolute atomic E-state index is 0.00827. The van der Waals surface area contributed by atoms with Crippen molar-refractivity contribution >= 4 is 5.97 Å². The van der Waals surface area contributed by atoms with Crippen molar-refractivity contribution in [1.29, 1.82) is 0 Å². The maximum Gasteiger partial charge on any atom is 0.311 e. The summed E-state index contributed by atoms with van der Waals surface area (Å²) in [5.74, 6) is 0.192. The Hall–Kier alpha value is -1.13. The number of hydrogen-bond acceptors (Lipinski definition) is 4. The highest BCUT2D eigenvalue weighted by Gasteiger charge is 2.50. The molecule has 0 aromatic rings. The minimum atomic E-state index is -0.0338. The Bertz CT molecular complexity index is 564. The van der Waals surface area contributed by atoms with Gasteiger partial charge >= 0.3 is 5.97 Å². The molecule has 4 nitrogen and oxygen atoms in total. The van der Waals surface area contributed by atoms with E-state index in [0.717, 1.165) is 45.6 Å². The Labute approximate surface area is 152 Å². The van der Waals surface area contributed by atoms with Crippen molar-refractivity contribution < 1.29 is 9.53 Å². The van der Waals surface area contributed by atoms with E-state index in [-0.39, 0.29) is 29.3 Å². The van der Waals surface area contributed by atoms with Crippen molar-refractivity contribution in [2.45, 2.75) is 53.1 Å². The largest absolute Gasteiger partial charge is 0.461 e. The van der Waals surface area contributed by atoms with E-state index in [1.54, 1.807) is 0 Å². The molecule has 0 aromatic carbocycles. The van der Waals surface area contributed by atoms with Crippen molar-refractivity contribution in [3.05, 3.63) is 23.3 Å². The van der Waals surface area contributed by atoms with Gasteiger partial charge in [0.15, 0.2) is 0 Å². The summed E-state index contributed by atoms with van der Waals surface area (Å²) >= 11 is 0. The topological polar surface area (TPSA) is 41.6 Å². The predicted molar refractivity (Wildman–Crippen MR) is 101 cm³/mol. The molecule has 3 rings (SSSR count). The molecular weight excluding hydrogens is 312 g/mol. The first-order valence-corrected chi connectivity index (χ1v) is 10.0. The minimum Gasteiger partial charge on any atom is -0.461 e. The summed E-state index contributed by atoms with van der Waals surface area (Å²) in [6, 6.07) is 0. The fourth-order valence-electron chi connectivity index (χ4n) is 4.90. The van der Waals surface area contributed by atoms with Crippen LogP contribution in [0, 0.1) is 17.3 Å². The Kier molecular flexibility index (Phi) is 5.69. The molecule has 1 heterocycles. The highest BCUT2D eigenvalue weighted by Crippen LogP contribution is 2.52. The Balaban J connectivity index is 1.65. The van der Waals surface area contributed by atoms with Crippen LogP contribution in [0.4, 0.5) is 0 Å². The molecule has 0 bridgehead atoms. The van der Waals surface area contributed by atoms with Gasteiger partial charge in [-0.2, -0.15) is 0 Å². The smallest absolute Gasteiger partial charge is 0.311 e. The monoisotopic (exact) mass is 346 g/mol. The lowest BCUT2D eigenvalue weighted by atomic mass is 9.62. The summed E-state index contributed by atoms with van der Waals surface area (Å²) in [5, 5.41) is 3.50. The number of nitrogens with zero attached hydrogens (tertiary/aromatic N) is 1. The third-order valence-corrected chi connectivity index (χ3v) is 6.56. The number of likely N-dealkylation sites (N-methyl/N-ethyl adjacent to an activating group) is 1. The molecule has 2 aliphatic carbocycles. The number of allylic oxidation sites excluding steroid dienone is 3. The van der Waals surface area contributed by atoms with E-state index in [1.165, 1.54) is 17.6 Å². The van der Waals surface area contributed by atoms with Gasteiger partial charge in [-0.05, 0) is 50.3 Å². The average molecular weight is 347 g/mol. The molecule has 0 aromatic heterocycles. The number of nitrogens with one attached hydrogen (secondary N) is 1. The van der Waals surface area contributed by atoms with Gasteiger partial charge in [0.05, 0.1) is 5.92 Å². The number of ether oxygens (including phenoxy) is 1. The molecule has 1 N–H and O–H groups in total. The van der Waals surface area contributed by atoms with Gasteiger partial charge in [0.25, 0.3) is 0 Å². The van der Waals surface area contributed by atoms with E-state index in [2.05, 4.69) is 50.1 Å². The summed E-state index contributed by atoms with van der Waals surface area (Å²) in [7, 11) is 0. The fraction of sp³-hybridized carbons (Fsp3) is 0.762. The van der Waals surface area contributed by atoms with Crippen LogP contribution in [0.1, 0.15) is 47.0 Å². The van der Waals surface area contributed by atoms with E-state index >= 15 is 0 Å². The lowest BCUT2D eigenvalue weighted by Gasteiger charge is -2.42. The number of fused-ring (bicyclic) bond motifs is 2. The zero-order valence-corrected chi connectivity index (χ0v) is 16.3. The van der Waals surface area contributed by atoms with Crippen LogP contribution in [-0.4, -0.2) is 49.7 Å². The SMILES string of the molecule is CCN(CC)CCNCC1C(=O)OC2CC3(C)CCC=C(C)C3=CC21. The fourth-order valence-corrected chi connectivity index (χ4v) is 4.90. The van der Waals surface area contributed by atoms with Gasteiger partial charge in [-0.1, -0.05) is 38.5 Å². The maximum absolute atomic E-state index is 12.5. The van der Waals surface area contributed by atoms with E-state index in [1.807, 2.05) is 0 Å². The third-order valence-electron chi connectivity index (χ3n) is 6.56. The first kappa shape index (κ1) is 18.7. The zero-order chi connectivity index (χ0) is 18.0. The van der Waals surface area contributed by atoms with Crippen LogP contribution >= 0.6 is 0 Å². The average Bonchev–Trinajstić information content (AvgIpc) is 2.87. The van der Waals surface area contributed by atoms with Gasteiger partial charge in [-0.3, -0.25) is 4.79 Å². The third kappa shape index (κ3) is 3.70. The van der Waals surface area contributed by atoms with Crippen LogP contribution < -0.4 is 5.32 Å². The Morgan fingerprint density at radius 2 is 2.12 bits per heavy atom. The van der Waals surface area contributed by atoms with Gasteiger partial charge in [-0.25, -0.2) is 0 Å². The Morgan fingerprint density at radius 3 is 2.84 bits per heavy atom. The van der Waals surface area contributed by atoms with E-state index < -0.39 is 0 Å². The molecule has 4 unspecified atom stereocenters. The normalized spacial score (nSPS) is 34.3. The molecule has 1 fully saturated rings. The predicted octanol–water partition coefficient (Wildman–Crippen LogP) is 3.15. The van der Waals surface area contributed by atoms with E-state index in [0.29, 0.717) is 0 Å². The number of hydrogen-bond donors (Lipinski definition) is 1. The van der Waals surface area contributed by atoms with Crippen molar-refractivity contribution in [2.75, 3.05) is 32.7 Å². The van der Waals surface area contributed by atoms with Gasteiger partial charge in [0.1, 0.15) is 6.10 Å². The van der Waals surface area contributed by atoms with Crippen LogP contribution in [0.15, 0.2) is 23.3 Å². The molecule has 25 heavy (non-hydrogen) atoms. The van der Waals surface area contributed by atoms with Gasteiger partial charge in [0.2, 0.25) is 0 Å².